The molecule has 0 spiro atoms. The molecular weight excluding hydrogens is 346 g/mol. The minimum atomic E-state index is -2.26. The smallest absolute Gasteiger partial charge is 0.201 e. The normalized spacial score (nSPS) is 15.6. The lowest BCUT2D eigenvalue weighted by Crippen LogP contribution is -2.31. The molecule has 2 heterocycles. The topological polar surface area (TPSA) is 3.88 Å². The highest BCUT2D eigenvalue weighted by Crippen LogP contribution is 2.36. The fourth-order valence-corrected chi connectivity index (χ4v) is 4.67. The molecule has 0 aliphatic rings. The van der Waals surface area contributed by atoms with Crippen LogP contribution in [0.5, 0.6) is 0 Å². The van der Waals surface area contributed by atoms with E-state index in [4.69, 9.17) is 8.22 Å². The van der Waals surface area contributed by atoms with E-state index < -0.39 is 13.7 Å². The van der Waals surface area contributed by atoms with Crippen LogP contribution in [0.15, 0.2) is 48.7 Å². The third-order valence-corrected chi connectivity index (χ3v) is 6.45. The van der Waals surface area contributed by atoms with Gasteiger partial charge in [-0.15, -0.1) is 11.3 Å². The van der Waals surface area contributed by atoms with Crippen LogP contribution < -0.4 is 4.57 Å². The van der Waals surface area contributed by atoms with E-state index in [0.29, 0.717) is 11.1 Å². The van der Waals surface area contributed by atoms with Gasteiger partial charge in [0, 0.05) is 35.0 Å². The van der Waals surface area contributed by atoms with Gasteiger partial charge in [0.1, 0.15) is 7.05 Å². The van der Waals surface area contributed by atoms with Gasteiger partial charge in [-0.1, -0.05) is 12.1 Å². The summed E-state index contributed by atoms with van der Waals surface area (Å²) in [6.45, 7) is 1.63. The van der Waals surface area contributed by atoms with Gasteiger partial charge in [-0.25, -0.2) is 4.57 Å². The molecule has 0 atom stereocenters. The zero-order valence-electron chi connectivity index (χ0n) is 22.0. The van der Waals surface area contributed by atoms with Gasteiger partial charge in [-0.3, -0.25) is 0 Å². The van der Waals surface area contributed by atoms with Gasteiger partial charge >= 0.3 is 0 Å². The van der Waals surface area contributed by atoms with E-state index in [9.17, 15) is 0 Å². The Labute approximate surface area is 174 Å². The van der Waals surface area contributed by atoms with Crippen LogP contribution in [0.3, 0.4) is 0 Å². The first-order valence-electron chi connectivity index (χ1n) is 11.9. The Morgan fingerprint density at radius 1 is 0.889 bits per heavy atom. The largest absolute Gasteiger partial charge is 0.212 e. The van der Waals surface area contributed by atoms with Gasteiger partial charge in [0.2, 0.25) is 5.69 Å². The second kappa shape index (κ2) is 6.61. The summed E-state index contributed by atoms with van der Waals surface area (Å²) in [7, 11) is 1.81. The summed E-state index contributed by atoms with van der Waals surface area (Å²) in [5.41, 5.74) is 5.84. The van der Waals surface area contributed by atoms with E-state index >= 15 is 0 Å². The lowest BCUT2D eigenvalue weighted by Gasteiger charge is -2.12. The molecule has 0 amide bonds. The number of aromatic nitrogens is 1. The van der Waals surface area contributed by atoms with Crippen molar-refractivity contribution in [1.82, 2.24) is 0 Å². The molecule has 4 rings (SSSR count). The maximum absolute atomic E-state index is 8.15. The molecule has 0 unspecified atom stereocenters. The minimum Gasteiger partial charge on any atom is -0.201 e. The monoisotopic (exact) mass is 378 g/mol. The van der Waals surface area contributed by atoms with Gasteiger partial charge in [0.05, 0.1) is 0 Å². The van der Waals surface area contributed by atoms with Crippen molar-refractivity contribution in [2.45, 2.75) is 34.5 Å². The Morgan fingerprint density at radius 3 is 2.48 bits per heavy atom. The highest BCUT2D eigenvalue weighted by Gasteiger charge is 2.16. The van der Waals surface area contributed by atoms with Crippen LogP contribution in [0.25, 0.3) is 32.5 Å². The highest BCUT2D eigenvalue weighted by atomic mass is 32.1. The molecule has 136 valence electrons. The van der Waals surface area contributed by atoms with E-state index in [0.717, 1.165) is 27.8 Å². The number of aryl methyl sites for hydroxylation is 6. The molecule has 1 nitrogen and oxygen atoms in total. The van der Waals surface area contributed by atoms with E-state index in [1.807, 2.05) is 26.1 Å². The predicted octanol–water partition coefficient (Wildman–Crippen LogP) is 6.60. The second-order valence-corrected chi connectivity index (χ2v) is 8.38. The van der Waals surface area contributed by atoms with Crippen LogP contribution in [0.2, 0.25) is 0 Å². The van der Waals surface area contributed by atoms with Crippen molar-refractivity contribution in [3.63, 3.8) is 0 Å². The van der Waals surface area contributed by atoms with Crippen molar-refractivity contribution < 1.29 is 12.8 Å². The van der Waals surface area contributed by atoms with E-state index in [2.05, 4.69) is 26.0 Å². The van der Waals surface area contributed by atoms with Gasteiger partial charge < -0.3 is 0 Å². The summed E-state index contributed by atoms with van der Waals surface area (Å²) < 4.78 is 50.4. The number of rotatable bonds is 2. The number of nitrogens with zero attached hydrogens (tertiary/aromatic N) is 1. The van der Waals surface area contributed by atoms with E-state index in [1.54, 1.807) is 40.3 Å². The zero-order chi connectivity index (χ0) is 24.3. The maximum Gasteiger partial charge on any atom is 0.212 e. The molecule has 2 aromatic heterocycles. The molecule has 4 aromatic rings. The Hall–Kier alpha value is -2.45. The summed E-state index contributed by atoms with van der Waals surface area (Å²) in [6, 6.07) is 13.2. The summed E-state index contributed by atoms with van der Waals surface area (Å²) in [5.74, 6) is 0. The first-order valence-corrected chi connectivity index (χ1v) is 9.75. The molecule has 0 radical (unpaired) electrons. The second-order valence-electron chi connectivity index (χ2n) is 7.12. The molecule has 0 aliphatic heterocycles. The average Bonchev–Trinajstić information content (AvgIpc) is 3.00. The van der Waals surface area contributed by atoms with Crippen LogP contribution in [-0.2, 0) is 7.05 Å². The highest BCUT2D eigenvalue weighted by molar-refractivity contribution is 7.19. The first-order chi connectivity index (χ1) is 15.3. The molecule has 0 fully saturated rings. The van der Waals surface area contributed by atoms with Crippen LogP contribution in [-0.4, -0.2) is 0 Å². The van der Waals surface area contributed by atoms with Crippen LogP contribution in [0.4, 0.5) is 0 Å². The summed E-state index contributed by atoms with van der Waals surface area (Å²) >= 11 is 1.74. The molecule has 0 saturated heterocycles. The third-order valence-electron chi connectivity index (χ3n) is 5.26. The fourth-order valence-electron chi connectivity index (χ4n) is 3.62. The van der Waals surface area contributed by atoms with Gasteiger partial charge in [0.15, 0.2) is 6.20 Å². The Morgan fingerprint density at radius 2 is 1.74 bits per heavy atom. The Balaban J connectivity index is 1.96. The molecule has 0 bridgehead atoms. The molecular formula is C25H26NS+. The lowest BCUT2D eigenvalue weighted by molar-refractivity contribution is -0.660. The summed E-state index contributed by atoms with van der Waals surface area (Å²) in [6.07, 6.45) is 1.61. The lowest BCUT2D eigenvalue weighted by atomic mass is 9.92. The van der Waals surface area contributed by atoms with Crippen LogP contribution in [0, 0.1) is 34.5 Å². The predicted molar refractivity (Wildman–Crippen MR) is 118 cm³/mol. The number of pyridine rings is 1. The van der Waals surface area contributed by atoms with Crippen molar-refractivity contribution in [3.05, 3.63) is 75.8 Å². The molecule has 27 heavy (non-hydrogen) atoms. The minimum absolute atomic E-state index is 0.263. The number of hydrogen-bond acceptors (Lipinski definition) is 1. The number of hydrogen-bond donors (Lipinski definition) is 0. The zero-order valence-corrected chi connectivity index (χ0v) is 16.8. The van der Waals surface area contributed by atoms with Crippen molar-refractivity contribution in [2.24, 2.45) is 7.05 Å². The molecule has 2 aromatic carbocycles. The standard InChI is InChI=1S/C25H26NS/c1-15-7-9-24(26(6)14-15)22-13-21(16(2)11-17(22)3)20-8-10-25-23(12-20)18(4)19(5)27-25/h7-14H,1-6H3/q+1/i1D3,2D3. The molecule has 2 heteroatoms. The molecule has 0 saturated carbocycles. The van der Waals surface area contributed by atoms with Crippen molar-refractivity contribution in [3.8, 4) is 22.4 Å². The first kappa shape index (κ1) is 12.1. The van der Waals surface area contributed by atoms with Crippen molar-refractivity contribution in [2.75, 3.05) is 0 Å². The Bertz CT molecular complexity index is 1380. The average molecular weight is 379 g/mol. The number of thiophene rings is 1. The maximum atomic E-state index is 8.15. The fraction of sp³-hybridized carbons (Fsp3) is 0.240. The number of benzene rings is 2. The van der Waals surface area contributed by atoms with Gasteiger partial charge in [-0.2, -0.15) is 0 Å². The SMILES string of the molecule is [2H]C([2H])([2H])c1ccc(-c2cc(-c3ccc4sc(C)c(C)c4c3)c(C([2H])([2H])[2H])cc2C)[n+](C)c1. The van der Waals surface area contributed by atoms with Gasteiger partial charge in [-0.05, 0) is 91.9 Å². The summed E-state index contributed by atoms with van der Waals surface area (Å²) in [4.78, 5) is 1.25. The van der Waals surface area contributed by atoms with Crippen molar-refractivity contribution in [1.29, 1.82) is 0 Å². The Kier molecular flexibility index (Phi) is 2.96. The van der Waals surface area contributed by atoms with Gasteiger partial charge in [0.25, 0.3) is 0 Å². The third kappa shape index (κ3) is 3.08. The quantitative estimate of drug-likeness (QED) is 0.346. The molecule has 0 aliphatic carbocycles. The number of fused-ring (bicyclic) bond motifs is 1. The van der Waals surface area contributed by atoms with Crippen LogP contribution in [0.1, 0.15) is 35.4 Å². The molecule has 0 N–H and O–H groups in total. The van der Waals surface area contributed by atoms with E-state index in [-0.39, 0.29) is 5.56 Å². The van der Waals surface area contributed by atoms with Crippen LogP contribution >= 0.6 is 11.3 Å². The van der Waals surface area contributed by atoms with Crippen molar-refractivity contribution >= 4 is 21.4 Å². The van der Waals surface area contributed by atoms with E-state index in [1.165, 1.54) is 15.1 Å². The summed E-state index contributed by atoms with van der Waals surface area (Å²) in [5, 5.41) is 1.14.